The third-order valence-electron chi connectivity index (χ3n) is 4.84. The molecule has 1 aliphatic carbocycles. The lowest BCUT2D eigenvalue weighted by Crippen LogP contribution is -2.43. The summed E-state index contributed by atoms with van der Waals surface area (Å²) in [7, 11) is 0. The van der Waals surface area contributed by atoms with E-state index < -0.39 is 11.7 Å². The number of benzene rings is 1. The van der Waals surface area contributed by atoms with Crippen LogP contribution in [0.1, 0.15) is 70.4 Å². The molecule has 0 spiro atoms. The topological polar surface area (TPSA) is 40.5 Å². The zero-order valence-corrected chi connectivity index (χ0v) is 13.7. The van der Waals surface area contributed by atoms with E-state index in [4.69, 9.17) is 0 Å². The summed E-state index contributed by atoms with van der Waals surface area (Å²) in [6, 6.07) is 8.45. The van der Waals surface area contributed by atoms with Gasteiger partial charge in [-0.05, 0) is 29.4 Å². The van der Waals surface area contributed by atoms with Gasteiger partial charge in [0.2, 0.25) is 0 Å². The quantitative estimate of drug-likeness (QED) is 0.827. The normalized spacial score (nSPS) is 20.8. The fourth-order valence-electron chi connectivity index (χ4n) is 3.23. The summed E-state index contributed by atoms with van der Waals surface area (Å²) >= 11 is 0. The lowest BCUT2D eigenvalue weighted by Gasteiger charge is -2.32. The fraction of sp³-hybridized carbons (Fsp3) is 0.684. The second kappa shape index (κ2) is 6.50. The number of hydrogen-bond acceptors (Lipinski definition) is 2. The van der Waals surface area contributed by atoms with Crippen LogP contribution in [0.15, 0.2) is 24.3 Å². The molecule has 1 aliphatic rings. The molecule has 0 heterocycles. The summed E-state index contributed by atoms with van der Waals surface area (Å²) in [5.74, 6) is 0. The van der Waals surface area contributed by atoms with Gasteiger partial charge in [-0.3, -0.25) is 0 Å². The second-order valence-electron chi connectivity index (χ2n) is 7.68. The van der Waals surface area contributed by atoms with Gasteiger partial charge in [0.05, 0.1) is 11.7 Å². The van der Waals surface area contributed by atoms with Crippen molar-refractivity contribution < 1.29 is 10.2 Å². The molecule has 2 heteroatoms. The summed E-state index contributed by atoms with van der Waals surface area (Å²) in [6.45, 7) is 6.60. The molecule has 0 saturated heterocycles. The molecule has 0 aliphatic heterocycles. The predicted octanol–water partition coefficient (Wildman–Crippen LogP) is 3.97. The first-order valence-corrected chi connectivity index (χ1v) is 8.31. The maximum atomic E-state index is 10.7. The lowest BCUT2D eigenvalue weighted by molar-refractivity contribution is -0.0836. The summed E-state index contributed by atoms with van der Waals surface area (Å²) in [5, 5.41) is 21.2. The summed E-state index contributed by atoms with van der Waals surface area (Å²) in [5.41, 5.74) is 1.66. The van der Waals surface area contributed by atoms with E-state index in [2.05, 4.69) is 45.0 Å². The average molecular weight is 290 g/mol. The van der Waals surface area contributed by atoms with Crippen molar-refractivity contribution in [3.63, 3.8) is 0 Å². The first-order valence-electron chi connectivity index (χ1n) is 8.31. The Morgan fingerprint density at radius 2 is 1.52 bits per heavy atom. The minimum atomic E-state index is -0.890. The highest BCUT2D eigenvalue weighted by Gasteiger charge is 2.35. The predicted molar refractivity (Wildman–Crippen MR) is 87.5 cm³/mol. The van der Waals surface area contributed by atoms with Crippen molar-refractivity contribution in [2.45, 2.75) is 82.8 Å². The Kier molecular flexibility index (Phi) is 5.11. The molecule has 118 valence electrons. The number of aliphatic hydroxyl groups excluding tert-OH is 1. The first-order chi connectivity index (χ1) is 9.81. The second-order valence-corrected chi connectivity index (χ2v) is 7.68. The fourth-order valence-corrected chi connectivity index (χ4v) is 3.23. The Morgan fingerprint density at radius 3 is 2.00 bits per heavy atom. The Morgan fingerprint density at radius 1 is 1.00 bits per heavy atom. The van der Waals surface area contributed by atoms with Crippen molar-refractivity contribution in [1.29, 1.82) is 0 Å². The molecule has 2 N–H and O–H groups in total. The van der Waals surface area contributed by atoms with E-state index in [0.29, 0.717) is 6.42 Å². The third-order valence-corrected chi connectivity index (χ3v) is 4.84. The van der Waals surface area contributed by atoms with E-state index in [1.807, 2.05) is 0 Å². The summed E-state index contributed by atoms with van der Waals surface area (Å²) < 4.78 is 0. The van der Waals surface area contributed by atoms with Crippen LogP contribution in [0.25, 0.3) is 0 Å². The van der Waals surface area contributed by atoms with Crippen LogP contribution in [0.2, 0.25) is 0 Å². The smallest absolute Gasteiger partial charge is 0.0908 e. The van der Waals surface area contributed by atoms with Crippen LogP contribution in [0.5, 0.6) is 0 Å². The highest BCUT2D eigenvalue weighted by atomic mass is 16.3. The molecular weight excluding hydrogens is 260 g/mol. The zero-order chi connectivity index (χ0) is 15.5. The number of aliphatic hydroxyl groups is 2. The van der Waals surface area contributed by atoms with Crippen LogP contribution >= 0.6 is 0 Å². The Balaban J connectivity index is 2.03. The Hall–Kier alpha value is -0.860. The minimum absolute atomic E-state index is 0.149. The molecule has 0 aromatic heterocycles. The zero-order valence-electron chi connectivity index (χ0n) is 13.7. The van der Waals surface area contributed by atoms with Crippen LogP contribution in [0.3, 0.4) is 0 Å². The Bertz CT molecular complexity index is 434. The van der Waals surface area contributed by atoms with Gasteiger partial charge < -0.3 is 10.2 Å². The van der Waals surface area contributed by atoms with Crippen molar-refractivity contribution in [1.82, 2.24) is 0 Å². The van der Waals surface area contributed by atoms with Crippen LogP contribution in [-0.4, -0.2) is 21.9 Å². The van der Waals surface area contributed by atoms with Crippen LogP contribution < -0.4 is 0 Å². The van der Waals surface area contributed by atoms with Gasteiger partial charge in [-0.2, -0.15) is 0 Å². The van der Waals surface area contributed by atoms with Gasteiger partial charge in [0.25, 0.3) is 0 Å². The van der Waals surface area contributed by atoms with Gasteiger partial charge in [-0.1, -0.05) is 70.7 Å². The number of rotatable bonds is 3. The molecule has 1 unspecified atom stereocenters. The van der Waals surface area contributed by atoms with Crippen molar-refractivity contribution in [3.8, 4) is 0 Å². The van der Waals surface area contributed by atoms with Crippen LogP contribution in [0, 0.1) is 0 Å². The van der Waals surface area contributed by atoms with Crippen molar-refractivity contribution >= 4 is 0 Å². The molecule has 1 fully saturated rings. The van der Waals surface area contributed by atoms with Crippen molar-refractivity contribution in [2.75, 3.05) is 0 Å². The van der Waals surface area contributed by atoms with Gasteiger partial charge in [-0.15, -0.1) is 0 Å². The van der Waals surface area contributed by atoms with E-state index >= 15 is 0 Å². The lowest BCUT2D eigenvalue weighted by atomic mass is 9.83. The largest absolute Gasteiger partial charge is 0.390 e. The molecule has 0 amide bonds. The van der Waals surface area contributed by atoms with Crippen LogP contribution in [0.4, 0.5) is 0 Å². The third kappa shape index (κ3) is 4.31. The molecule has 2 nitrogen and oxygen atoms in total. The monoisotopic (exact) mass is 290 g/mol. The molecule has 1 aromatic carbocycles. The molecule has 1 atom stereocenters. The molecule has 1 aromatic rings. The molecule has 0 radical (unpaired) electrons. The minimum Gasteiger partial charge on any atom is -0.390 e. The highest BCUT2D eigenvalue weighted by molar-refractivity contribution is 5.28. The molecule has 2 rings (SSSR count). The van der Waals surface area contributed by atoms with E-state index in [1.165, 1.54) is 18.4 Å². The maximum absolute atomic E-state index is 10.7. The maximum Gasteiger partial charge on any atom is 0.0908 e. The van der Waals surface area contributed by atoms with E-state index in [1.54, 1.807) is 0 Å². The van der Waals surface area contributed by atoms with Gasteiger partial charge in [0, 0.05) is 6.42 Å². The van der Waals surface area contributed by atoms with E-state index in [0.717, 1.165) is 31.2 Å². The SMILES string of the molecule is CC(C)(C)c1ccc(CC(O)C2(O)CCCCCC2)cc1. The van der Waals surface area contributed by atoms with E-state index in [9.17, 15) is 10.2 Å². The van der Waals surface area contributed by atoms with Gasteiger partial charge in [-0.25, -0.2) is 0 Å². The molecule has 1 saturated carbocycles. The standard InChI is InChI=1S/C19H30O2/c1-18(2,3)16-10-8-15(9-11-16)14-17(20)19(21)12-6-4-5-7-13-19/h8-11,17,20-21H,4-7,12-14H2,1-3H3. The van der Waals surface area contributed by atoms with Crippen molar-refractivity contribution in [2.24, 2.45) is 0 Å². The molecular formula is C19H30O2. The molecule has 0 bridgehead atoms. The van der Waals surface area contributed by atoms with E-state index in [-0.39, 0.29) is 5.41 Å². The average Bonchev–Trinajstić information content (AvgIpc) is 2.64. The van der Waals surface area contributed by atoms with Crippen LogP contribution in [-0.2, 0) is 11.8 Å². The highest BCUT2D eigenvalue weighted by Crippen LogP contribution is 2.31. The summed E-state index contributed by atoms with van der Waals surface area (Å²) in [6.07, 6.45) is 5.75. The van der Waals surface area contributed by atoms with Gasteiger partial charge in [0.15, 0.2) is 0 Å². The molecule has 21 heavy (non-hydrogen) atoms. The Labute approximate surface area is 129 Å². The number of hydrogen-bond donors (Lipinski definition) is 2. The van der Waals surface area contributed by atoms with Gasteiger partial charge in [0.1, 0.15) is 0 Å². The van der Waals surface area contributed by atoms with Crippen molar-refractivity contribution in [3.05, 3.63) is 35.4 Å². The first kappa shape index (κ1) is 16.5. The summed E-state index contributed by atoms with van der Waals surface area (Å²) in [4.78, 5) is 0. The van der Waals surface area contributed by atoms with Gasteiger partial charge >= 0.3 is 0 Å².